The second-order valence-electron chi connectivity index (χ2n) is 4.22. The molecule has 0 radical (unpaired) electrons. The third-order valence-electron chi connectivity index (χ3n) is 2.59. The number of hydrogen-bond donors (Lipinski definition) is 4. The number of nitrogens with two attached hydrogens (primary N) is 1. The van der Waals surface area contributed by atoms with E-state index in [2.05, 4.69) is 10.6 Å². The van der Waals surface area contributed by atoms with E-state index in [1.165, 1.54) is 12.1 Å². The minimum atomic E-state index is -1.09. The van der Waals surface area contributed by atoms with Gasteiger partial charge in [-0.1, -0.05) is 19.4 Å². The molecule has 0 unspecified atom stereocenters. The highest BCUT2D eigenvalue weighted by molar-refractivity contribution is 5.96. The van der Waals surface area contributed by atoms with Gasteiger partial charge < -0.3 is 21.5 Å². The Morgan fingerprint density at radius 2 is 2.05 bits per heavy atom. The normalized spacial score (nSPS) is 11.4. The Morgan fingerprint density at radius 1 is 1.35 bits per heavy atom. The molecule has 7 heteroatoms. The molecule has 7 nitrogen and oxygen atoms in total. The summed E-state index contributed by atoms with van der Waals surface area (Å²) in [5.74, 6) is -1.70. The molecule has 0 fully saturated rings. The van der Waals surface area contributed by atoms with Crippen molar-refractivity contribution in [1.82, 2.24) is 5.32 Å². The summed E-state index contributed by atoms with van der Waals surface area (Å²) in [7, 11) is 0. The molecule has 0 saturated carbocycles. The highest BCUT2D eigenvalue weighted by atomic mass is 16.4. The van der Waals surface area contributed by atoms with Crippen LogP contribution >= 0.6 is 0 Å². The molecule has 0 saturated heterocycles. The van der Waals surface area contributed by atoms with Crippen LogP contribution in [0.25, 0.3) is 0 Å². The van der Waals surface area contributed by atoms with Crippen molar-refractivity contribution in [2.24, 2.45) is 5.73 Å². The number of carbonyl (C=O) groups is 3. The first-order valence-electron chi connectivity index (χ1n) is 6.14. The second-order valence-corrected chi connectivity index (χ2v) is 4.22. The smallest absolute Gasteiger partial charge is 0.326 e. The number of carbonyl (C=O) groups excluding carboxylic acids is 2. The van der Waals surface area contributed by atoms with Crippen molar-refractivity contribution in [3.63, 3.8) is 0 Å². The summed E-state index contributed by atoms with van der Waals surface area (Å²) in [6, 6.07) is 4.48. The molecular formula is C13H17N3O4. The summed E-state index contributed by atoms with van der Waals surface area (Å²) in [6.45, 7) is 1.83. The Labute approximate surface area is 116 Å². The van der Waals surface area contributed by atoms with Crippen LogP contribution in [0.2, 0.25) is 0 Å². The zero-order valence-electron chi connectivity index (χ0n) is 11.1. The molecule has 0 heterocycles. The fourth-order valence-electron chi connectivity index (χ4n) is 1.62. The molecule has 20 heavy (non-hydrogen) atoms. The number of hydrogen-bond acceptors (Lipinski definition) is 3. The first-order valence-corrected chi connectivity index (χ1v) is 6.14. The molecule has 1 rings (SSSR count). The van der Waals surface area contributed by atoms with Crippen LogP contribution in [0, 0.1) is 0 Å². The predicted molar refractivity (Wildman–Crippen MR) is 73.4 cm³/mol. The lowest BCUT2D eigenvalue weighted by Crippen LogP contribution is -2.42. The quantitative estimate of drug-likeness (QED) is 0.624. The van der Waals surface area contributed by atoms with E-state index in [9.17, 15) is 14.4 Å². The summed E-state index contributed by atoms with van der Waals surface area (Å²) in [5.41, 5.74) is 5.74. The Kier molecular flexibility index (Phi) is 5.52. The molecule has 0 spiro atoms. The second kappa shape index (κ2) is 7.13. The number of nitrogens with one attached hydrogen (secondary N) is 2. The van der Waals surface area contributed by atoms with Crippen LogP contribution in [-0.2, 0) is 4.79 Å². The molecule has 0 bridgehead atoms. The number of amides is 3. The van der Waals surface area contributed by atoms with Crippen LogP contribution in [0.5, 0.6) is 0 Å². The SMILES string of the molecule is CCC[C@@H](NC(=O)Nc1cccc(C(N)=O)c1)C(=O)O. The molecule has 1 atom stereocenters. The highest BCUT2D eigenvalue weighted by Gasteiger charge is 2.18. The van der Waals surface area contributed by atoms with Crippen molar-refractivity contribution in [1.29, 1.82) is 0 Å². The van der Waals surface area contributed by atoms with Crippen molar-refractivity contribution < 1.29 is 19.5 Å². The van der Waals surface area contributed by atoms with Gasteiger partial charge in [-0.15, -0.1) is 0 Å². The zero-order chi connectivity index (χ0) is 15.1. The molecule has 108 valence electrons. The van der Waals surface area contributed by atoms with Gasteiger partial charge in [-0.05, 0) is 24.6 Å². The third kappa shape index (κ3) is 4.60. The number of aliphatic carboxylic acids is 1. The maximum absolute atomic E-state index is 11.7. The Hall–Kier alpha value is -2.57. The van der Waals surface area contributed by atoms with Crippen LogP contribution in [0.15, 0.2) is 24.3 Å². The summed E-state index contributed by atoms with van der Waals surface area (Å²) in [4.78, 5) is 33.6. The average molecular weight is 279 g/mol. The van der Waals surface area contributed by atoms with Crippen LogP contribution < -0.4 is 16.4 Å². The van der Waals surface area contributed by atoms with E-state index in [1.807, 2.05) is 6.92 Å². The minimum absolute atomic E-state index is 0.256. The highest BCUT2D eigenvalue weighted by Crippen LogP contribution is 2.10. The molecule has 0 aliphatic carbocycles. The number of anilines is 1. The van der Waals surface area contributed by atoms with Gasteiger partial charge in [0, 0.05) is 11.3 Å². The van der Waals surface area contributed by atoms with Gasteiger partial charge in [-0.25, -0.2) is 9.59 Å². The van der Waals surface area contributed by atoms with Crippen LogP contribution in [0.1, 0.15) is 30.1 Å². The molecule has 1 aromatic rings. The monoisotopic (exact) mass is 279 g/mol. The van der Waals surface area contributed by atoms with Gasteiger partial charge in [0.25, 0.3) is 0 Å². The zero-order valence-corrected chi connectivity index (χ0v) is 11.1. The van der Waals surface area contributed by atoms with E-state index < -0.39 is 23.9 Å². The number of rotatable bonds is 6. The molecule has 0 aliphatic rings. The third-order valence-corrected chi connectivity index (χ3v) is 2.59. The first-order chi connectivity index (χ1) is 9.43. The van der Waals surface area contributed by atoms with Gasteiger partial charge in [-0.2, -0.15) is 0 Å². The average Bonchev–Trinajstić information content (AvgIpc) is 2.38. The molecule has 0 aromatic heterocycles. The van der Waals surface area contributed by atoms with E-state index in [4.69, 9.17) is 10.8 Å². The summed E-state index contributed by atoms with van der Waals surface area (Å²) in [5, 5.41) is 13.7. The number of primary amides is 1. The molecule has 1 aromatic carbocycles. The van der Waals surface area contributed by atoms with E-state index in [-0.39, 0.29) is 5.56 Å². The maximum Gasteiger partial charge on any atom is 0.326 e. The van der Waals surface area contributed by atoms with Crippen LogP contribution in [0.4, 0.5) is 10.5 Å². The number of urea groups is 1. The lowest BCUT2D eigenvalue weighted by atomic mass is 10.2. The van der Waals surface area contributed by atoms with Gasteiger partial charge >= 0.3 is 12.0 Å². The summed E-state index contributed by atoms with van der Waals surface area (Å²) < 4.78 is 0. The van der Waals surface area contributed by atoms with Crippen molar-refractivity contribution in [2.45, 2.75) is 25.8 Å². The van der Waals surface area contributed by atoms with Crippen molar-refractivity contribution in [3.8, 4) is 0 Å². The molecule has 5 N–H and O–H groups in total. The predicted octanol–water partition coefficient (Wildman–Crippen LogP) is 1.16. The lowest BCUT2D eigenvalue weighted by molar-refractivity contribution is -0.139. The van der Waals surface area contributed by atoms with Crippen molar-refractivity contribution in [3.05, 3.63) is 29.8 Å². The van der Waals surface area contributed by atoms with Crippen LogP contribution in [0.3, 0.4) is 0 Å². The summed E-state index contributed by atoms with van der Waals surface area (Å²) in [6.07, 6.45) is 0.971. The Morgan fingerprint density at radius 3 is 2.60 bits per heavy atom. The lowest BCUT2D eigenvalue weighted by Gasteiger charge is -2.14. The molecule has 3 amide bonds. The van der Waals surface area contributed by atoms with Gasteiger partial charge in [0.15, 0.2) is 0 Å². The van der Waals surface area contributed by atoms with Crippen LogP contribution in [-0.4, -0.2) is 29.1 Å². The number of carboxylic acid groups (broad SMARTS) is 1. The van der Waals surface area contributed by atoms with Gasteiger partial charge in [0.05, 0.1) is 0 Å². The van der Waals surface area contributed by atoms with E-state index in [0.717, 1.165) is 0 Å². The van der Waals surface area contributed by atoms with Crippen molar-refractivity contribution in [2.75, 3.05) is 5.32 Å². The van der Waals surface area contributed by atoms with Gasteiger partial charge in [-0.3, -0.25) is 4.79 Å². The minimum Gasteiger partial charge on any atom is -0.480 e. The van der Waals surface area contributed by atoms with Gasteiger partial charge in [0.2, 0.25) is 5.91 Å². The topological polar surface area (TPSA) is 122 Å². The number of benzene rings is 1. The Bertz CT molecular complexity index is 516. The Balaban J connectivity index is 2.68. The maximum atomic E-state index is 11.7. The van der Waals surface area contributed by atoms with Gasteiger partial charge in [0.1, 0.15) is 6.04 Å². The molecular weight excluding hydrogens is 262 g/mol. The largest absolute Gasteiger partial charge is 0.480 e. The van der Waals surface area contributed by atoms with Crippen molar-refractivity contribution >= 4 is 23.6 Å². The van der Waals surface area contributed by atoms with E-state index in [1.54, 1.807) is 12.1 Å². The first kappa shape index (κ1) is 15.5. The standard InChI is InChI=1S/C13H17N3O4/c1-2-4-10(12(18)19)16-13(20)15-9-6-3-5-8(7-9)11(14)17/h3,5-7,10H,2,4H2,1H3,(H2,14,17)(H,18,19)(H2,15,16,20)/t10-/m1/s1. The molecule has 0 aliphatic heterocycles. The van der Waals surface area contributed by atoms with E-state index in [0.29, 0.717) is 18.5 Å². The fourth-order valence-corrected chi connectivity index (χ4v) is 1.62. The fraction of sp³-hybridized carbons (Fsp3) is 0.308. The number of carboxylic acids is 1. The summed E-state index contributed by atoms with van der Waals surface area (Å²) >= 11 is 0. The van der Waals surface area contributed by atoms with E-state index >= 15 is 0 Å².